The van der Waals surface area contributed by atoms with Crippen molar-refractivity contribution in [3.05, 3.63) is 63.4 Å². The van der Waals surface area contributed by atoms with Gasteiger partial charge in [0.25, 0.3) is 0 Å². The lowest BCUT2D eigenvalue weighted by Gasteiger charge is -2.08. The van der Waals surface area contributed by atoms with Gasteiger partial charge in [0.1, 0.15) is 5.01 Å². The number of thiophene rings is 1. The molecule has 0 spiro atoms. The number of thiazole rings is 1. The average Bonchev–Trinajstić information content (AvgIpc) is 3.25. The van der Waals surface area contributed by atoms with Gasteiger partial charge in [-0.1, -0.05) is 6.07 Å². The van der Waals surface area contributed by atoms with Crippen LogP contribution in [0.15, 0.2) is 53.5 Å². The first-order chi connectivity index (χ1) is 11.2. The van der Waals surface area contributed by atoms with E-state index in [2.05, 4.69) is 15.3 Å². The molecule has 0 aliphatic rings. The van der Waals surface area contributed by atoms with Crippen molar-refractivity contribution in [3.63, 3.8) is 0 Å². The van der Waals surface area contributed by atoms with Gasteiger partial charge in [-0.25, -0.2) is 4.98 Å². The Morgan fingerprint density at radius 2 is 2.22 bits per heavy atom. The summed E-state index contributed by atoms with van der Waals surface area (Å²) in [5.74, 6) is -0.121. The molecule has 0 unspecified atom stereocenters. The zero-order valence-corrected chi connectivity index (χ0v) is 14.1. The Balaban J connectivity index is 1.63. The molecule has 0 aliphatic heterocycles. The summed E-state index contributed by atoms with van der Waals surface area (Å²) in [4.78, 5) is 21.7. The second kappa shape index (κ2) is 7.30. The molecule has 0 radical (unpaired) electrons. The molecule has 23 heavy (non-hydrogen) atoms. The molecule has 116 valence electrons. The molecule has 3 aromatic rings. The lowest BCUT2D eigenvalue weighted by molar-refractivity contribution is -0.117. The molecule has 0 bridgehead atoms. The molecular formula is C17H15N3OS2. The van der Waals surface area contributed by atoms with Crippen LogP contribution in [0.5, 0.6) is 0 Å². The fraction of sp³-hybridized carbons (Fsp3) is 0.118. The molecule has 6 heteroatoms. The Hall–Kier alpha value is -2.31. The van der Waals surface area contributed by atoms with Crippen LogP contribution in [0.25, 0.3) is 17.3 Å². The maximum Gasteiger partial charge on any atom is 0.244 e. The fourth-order valence-corrected chi connectivity index (χ4v) is 3.45. The van der Waals surface area contributed by atoms with Crippen LogP contribution in [-0.2, 0) is 4.79 Å². The van der Waals surface area contributed by atoms with Gasteiger partial charge in [0.15, 0.2) is 0 Å². The lowest BCUT2D eigenvalue weighted by atomic mass is 10.2. The molecule has 1 amide bonds. The van der Waals surface area contributed by atoms with E-state index in [4.69, 9.17) is 0 Å². The van der Waals surface area contributed by atoms with Crippen LogP contribution in [0.3, 0.4) is 0 Å². The number of hydrogen-bond donors (Lipinski definition) is 1. The van der Waals surface area contributed by atoms with Crippen molar-refractivity contribution in [1.82, 2.24) is 15.3 Å². The molecule has 3 heterocycles. The minimum Gasteiger partial charge on any atom is -0.344 e. The van der Waals surface area contributed by atoms with Crippen molar-refractivity contribution in [3.8, 4) is 11.3 Å². The molecule has 3 rings (SSSR count). The highest BCUT2D eigenvalue weighted by Gasteiger charge is 2.13. The van der Waals surface area contributed by atoms with E-state index in [1.165, 1.54) is 11.3 Å². The third-order valence-corrected chi connectivity index (χ3v) is 5.02. The topological polar surface area (TPSA) is 54.9 Å². The summed E-state index contributed by atoms with van der Waals surface area (Å²) in [6.45, 7) is 1.93. The highest BCUT2D eigenvalue weighted by molar-refractivity contribution is 7.10. The third kappa shape index (κ3) is 4.12. The Labute approximate surface area is 142 Å². The van der Waals surface area contributed by atoms with E-state index in [1.807, 2.05) is 48.0 Å². The van der Waals surface area contributed by atoms with Crippen LogP contribution in [0, 0.1) is 0 Å². The number of rotatable bonds is 5. The van der Waals surface area contributed by atoms with Crippen molar-refractivity contribution in [2.45, 2.75) is 13.0 Å². The Bertz CT molecular complexity index is 794. The van der Waals surface area contributed by atoms with Gasteiger partial charge in [0.05, 0.1) is 11.7 Å². The summed E-state index contributed by atoms with van der Waals surface area (Å²) < 4.78 is 0. The van der Waals surface area contributed by atoms with Crippen LogP contribution in [-0.4, -0.2) is 15.9 Å². The minimum absolute atomic E-state index is 0.121. The number of carbonyl (C=O) groups excluding carboxylic acids is 1. The molecule has 0 aromatic carbocycles. The van der Waals surface area contributed by atoms with Crippen molar-refractivity contribution in [2.75, 3.05) is 0 Å². The van der Waals surface area contributed by atoms with E-state index in [9.17, 15) is 4.79 Å². The molecule has 1 N–H and O–H groups in total. The molecule has 3 aromatic heterocycles. The van der Waals surface area contributed by atoms with Gasteiger partial charge in [-0.2, -0.15) is 0 Å². The number of nitrogens with one attached hydrogen (secondary N) is 1. The first kappa shape index (κ1) is 15.6. The second-order valence-corrected chi connectivity index (χ2v) is 6.76. The quantitative estimate of drug-likeness (QED) is 0.709. The summed E-state index contributed by atoms with van der Waals surface area (Å²) in [7, 11) is 0. The Morgan fingerprint density at radius 1 is 1.30 bits per heavy atom. The molecule has 0 saturated carbocycles. The van der Waals surface area contributed by atoms with Crippen molar-refractivity contribution >= 4 is 34.7 Å². The van der Waals surface area contributed by atoms with E-state index < -0.39 is 0 Å². The molecule has 4 nitrogen and oxygen atoms in total. The lowest BCUT2D eigenvalue weighted by Crippen LogP contribution is -2.24. The highest BCUT2D eigenvalue weighted by Crippen LogP contribution is 2.24. The van der Waals surface area contributed by atoms with Crippen LogP contribution in [0.4, 0.5) is 0 Å². The molecule has 0 fully saturated rings. The zero-order chi connectivity index (χ0) is 16.1. The summed E-state index contributed by atoms with van der Waals surface area (Å²) in [5, 5.41) is 7.78. The van der Waals surface area contributed by atoms with Crippen LogP contribution in [0.1, 0.15) is 22.9 Å². The number of nitrogens with zero attached hydrogens (tertiary/aromatic N) is 2. The van der Waals surface area contributed by atoms with Gasteiger partial charge in [-0.3, -0.25) is 9.78 Å². The predicted octanol–water partition coefficient (Wildman–Crippen LogP) is 4.16. The maximum atomic E-state index is 12.0. The number of hydrogen-bond acceptors (Lipinski definition) is 5. The SMILES string of the molecule is C[C@H](NC(=O)/C=C\c1cccs1)c1nc(-c2cccnc2)cs1. The standard InChI is InChI=1S/C17H15N3OS2/c1-12(19-16(21)7-6-14-5-3-9-22-14)17-20-15(11-23-17)13-4-2-8-18-10-13/h2-12H,1H3,(H,19,21)/b7-6-/t12-/m0/s1. The molecule has 0 saturated heterocycles. The van der Waals surface area contributed by atoms with E-state index in [0.29, 0.717) is 0 Å². The molecular weight excluding hydrogens is 326 g/mol. The van der Waals surface area contributed by atoms with Crippen LogP contribution >= 0.6 is 22.7 Å². The fourth-order valence-electron chi connectivity index (χ4n) is 2.00. The van der Waals surface area contributed by atoms with Crippen molar-refractivity contribution in [2.24, 2.45) is 0 Å². The Morgan fingerprint density at radius 3 is 2.96 bits per heavy atom. The summed E-state index contributed by atoms with van der Waals surface area (Å²) in [6, 6.07) is 7.65. The summed E-state index contributed by atoms with van der Waals surface area (Å²) in [6.07, 6.45) is 6.89. The summed E-state index contributed by atoms with van der Waals surface area (Å²) >= 11 is 3.13. The molecule has 1 atom stereocenters. The number of aromatic nitrogens is 2. The van der Waals surface area contributed by atoms with E-state index in [1.54, 1.807) is 29.8 Å². The normalized spacial score (nSPS) is 12.4. The van der Waals surface area contributed by atoms with Gasteiger partial charge < -0.3 is 5.32 Å². The van der Waals surface area contributed by atoms with Crippen molar-refractivity contribution < 1.29 is 4.79 Å². The van der Waals surface area contributed by atoms with Crippen LogP contribution in [0.2, 0.25) is 0 Å². The van der Waals surface area contributed by atoms with Gasteiger partial charge in [-0.15, -0.1) is 22.7 Å². The second-order valence-electron chi connectivity index (χ2n) is 4.89. The first-order valence-electron chi connectivity index (χ1n) is 7.10. The van der Waals surface area contributed by atoms with E-state index in [0.717, 1.165) is 21.1 Å². The third-order valence-electron chi connectivity index (χ3n) is 3.15. The Kier molecular flexibility index (Phi) is 4.95. The number of amides is 1. The van der Waals surface area contributed by atoms with Gasteiger partial charge in [-0.05, 0) is 36.6 Å². The first-order valence-corrected chi connectivity index (χ1v) is 8.86. The maximum absolute atomic E-state index is 12.0. The number of pyridine rings is 1. The van der Waals surface area contributed by atoms with Gasteiger partial charge in [0, 0.05) is 34.3 Å². The van der Waals surface area contributed by atoms with Crippen LogP contribution < -0.4 is 5.32 Å². The van der Waals surface area contributed by atoms with E-state index >= 15 is 0 Å². The largest absolute Gasteiger partial charge is 0.344 e. The number of carbonyl (C=O) groups is 1. The molecule has 0 aliphatic carbocycles. The monoisotopic (exact) mass is 341 g/mol. The smallest absolute Gasteiger partial charge is 0.244 e. The van der Waals surface area contributed by atoms with Gasteiger partial charge >= 0.3 is 0 Å². The average molecular weight is 341 g/mol. The zero-order valence-electron chi connectivity index (χ0n) is 12.5. The van der Waals surface area contributed by atoms with E-state index in [-0.39, 0.29) is 11.9 Å². The summed E-state index contributed by atoms with van der Waals surface area (Å²) in [5.41, 5.74) is 1.86. The minimum atomic E-state index is -0.133. The van der Waals surface area contributed by atoms with Gasteiger partial charge in [0.2, 0.25) is 5.91 Å². The predicted molar refractivity (Wildman–Crippen MR) is 95.3 cm³/mol. The highest BCUT2D eigenvalue weighted by atomic mass is 32.1. The van der Waals surface area contributed by atoms with Crippen molar-refractivity contribution in [1.29, 1.82) is 0 Å².